The van der Waals surface area contributed by atoms with E-state index >= 15 is 0 Å². The minimum absolute atomic E-state index is 0.663. The van der Waals surface area contributed by atoms with E-state index in [9.17, 15) is 0 Å². The highest BCUT2D eigenvalue weighted by Gasteiger charge is 2.17. The first-order chi connectivity index (χ1) is 28.2. The molecule has 0 unspecified atom stereocenters. The Morgan fingerprint density at radius 2 is 0.895 bits per heavy atom. The van der Waals surface area contributed by atoms with Crippen LogP contribution in [0.1, 0.15) is 0 Å². The number of nitrogens with zero attached hydrogens (tertiary/aromatic N) is 4. The van der Waals surface area contributed by atoms with Gasteiger partial charge in [0.25, 0.3) is 0 Å². The molecule has 12 aromatic rings. The highest BCUT2D eigenvalue weighted by molar-refractivity contribution is 7.26. The van der Waals surface area contributed by atoms with Crippen LogP contribution in [0.3, 0.4) is 0 Å². The van der Waals surface area contributed by atoms with Gasteiger partial charge in [0.2, 0.25) is 0 Å². The van der Waals surface area contributed by atoms with Gasteiger partial charge in [0.15, 0.2) is 17.5 Å². The lowest BCUT2D eigenvalue weighted by Crippen LogP contribution is -2.00. The molecule has 0 radical (unpaired) electrons. The molecule has 0 bridgehead atoms. The molecular weight excluding hydrogens is 733 g/mol. The fraction of sp³-hybridized carbons (Fsp3) is 0. The monoisotopic (exact) mass is 762 g/mol. The van der Waals surface area contributed by atoms with Gasteiger partial charge in [-0.15, -0.1) is 22.7 Å². The van der Waals surface area contributed by atoms with Crippen LogP contribution in [-0.4, -0.2) is 19.5 Å². The van der Waals surface area contributed by atoms with Gasteiger partial charge in [0.1, 0.15) is 0 Å². The third-order valence-electron chi connectivity index (χ3n) is 11.1. The van der Waals surface area contributed by atoms with E-state index in [4.69, 9.17) is 15.0 Å². The zero-order valence-electron chi connectivity index (χ0n) is 30.4. The second-order valence-electron chi connectivity index (χ2n) is 14.4. The van der Waals surface area contributed by atoms with Crippen molar-refractivity contribution >= 4 is 84.8 Å². The van der Waals surface area contributed by atoms with Crippen molar-refractivity contribution in [1.29, 1.82) is 0 Å². The van der Waals surface area contributed by atoms with Crippen LogP contribution < -0.4 is 0 Å². The Bertz CT molecular complexity index is 3410. The predicted molar refractivity (Wildman–Crippen MR) is 242 cm³/mol. The number of thiophene rings is 2. The van der Waals surface area contributed by atoms with Crippen LogP contribution in [0.5, 0.6) is 0 Å². The molecule has 12 rings (SSSR count). The molecule has 0 saturated heterocycles. The van der Waals surface area contributed by atoms with Gasteiger partial charge in [-0.3, -0.25) is 0 Å². The molecule has 0 aliphatic heterocycles. The maximum atomic E-state index is 5.01. The predicted octanol–water partition coefficient (Wildman–Crippen LogP) is 14.4. The van der Waals surface area contributed by atoms with Gasteiger partial charge in [-0.2, -0.15) is 0 Å². The van der Waals surface area contributed by atoms with E-state index in [2.05, 4.69) is 126 Å². The molecule has 0 atom stereocenters. The van der Waals surface area contributed by atoms with E-state index in [1.165, 1.54) is 79.0 Å². The summed E-state index contributed by atoms with van der Waals surface area (Å²) in [5.41, 5.74) is 9.01. The van der Waals surface area contributed by atoms with Crippen LogP contribution in [0.2, 0.25) is 0 Å². The second kappa shape index (κ2) is 12.8. The highest BCUT2D eigenvalue weighted by Crippen LogP contribution is 2.44. The van der Waals surface area contributed by atoms with Crippen molar-refractivity contribution in [3.63, 3.8) is 0 Å². The minimum Gasteiger partial charge on any atom is -0.309 e. The Kier molecular flexibility index (Phi) is 7.24. The average molecular weight is 763 g/mol. The number of aromatic nitrogens is 4. The molecule has 57 heavy (non-hydrogen) atoms. The van der Waals surface area contributed by atoms with Crippen LogP contribution in [0.25, 0.3) is 113 Å². The summed E-state index contributed by atoms with van der Waals surface area (Å²) in [6, 6.07) is 64.9. The summed E-state index contributed by atoms with van der Waals surface area (Å²) in [6.45, 7) is 0. The molecule has 0 saturated carbocycles. The van der Waals surface area contributed by atoms with E-state index < -0.39 is 0 Å². The van der Waals surface area contributed by atoms with Gasteiger partial charge in [0, 0.05) is 73.5 Å². The van der Waals surface area contributed by atoms with E-state index in [-0.39, 0.29) is 0 Å². The van der Waals surface area contributed by atoms with E-state index in [0.29, 0.717) is 17.5 Å². The standard InChI is InChI=1S/C51H30N4S2/c1-3-12-31(13-4-1)49-52-50(32-14-5-2-6-15-32)54-51(53-49)34-23-26-46-41(28-34)40-19-11-18-36(48(40)57-46)33-22-25-39-42-30-35(24-27-45(42)56-47(39)29-33)55-43-20-9-7-16-37(43)38-17-8-10-21-44(38)55/h1-30H. The molecule has 0 fully saturated rings. The summed E-state index contributed by atoms with van der Waals surface area (Å²) in [6.07, 6.45) is 0. The average Bonchev–Trinajstić information content (AvgIpc) is 3.95. The molecule has 266 valence electrons. The van der Waals surface area contributed by atoms with Crippen LogP contribution in [-0.2, 0) is 0 Å². The third-order valence-corrected chi connectivity index (χ3v) is 13.4. The fourth-order valence-electron chi connectivity index (χ4n) is 8.38. The number of hydrogen-bond donors (Lipinski definition) is 0. The molecule has 0 N–H and O–H groups in total. The Hall–Kier alpha value is -6.99. The maximum Gasteiger partial charge on any atom is 0.164 e. The van der Waals surface area contributed by atoms with Crippen LogP contribution in [0.15, 0.2) is 182 Å². The van der Waals surface area contributed by atoms with E-state index in [0.717, 1.165) is 16.7 Å². The molecule has 0 aliphatic carbocycles. The van der Waals surface area contributed by atoms with Crippen LogP contribution >= 0.6 is 22.7 Å². The van der Waals surface area contributed by atoms with Gasteiger partial charge in [-0.1, -0.05) is 127 Å². The molecule has 4 nitrogen and oxygen atoms in total. The molecule has 0 spiro atoms. The normalized spacial score (nSPS) is 11.9. The van der Waals surface area contributed by atoms with Crippen molar-refractivity contribution < 1.29 is 0 Å². The summed E-state index contributed by atoms with van der Waals surface area (Å²) < 4.78 is 7.51. The SMILES string of the molecule is c1ccc(-c2nc(-c3ccccc3)nc(-c3ccc4sc5c(-c6ccc7c(c6)sc6ccc(-n8c9ccccc9c9ccccc98)cc67)cccc5c4c3)n2)cc1. The van der Waals surface area contributed by atoms with Crippen molar-refractivity contribution in [3.05, 3.63) is 182 Å². The molecule has 8 aromatic carbocycles. The van der Waals surface area contributed by atoms with E-state index in [1.54, 1.807) is 0 Å². The van der Waals surface area contributed by atoms with Crippen molar-refractivity contribution in [1.82, 2.24) is 19.5 Å². The first-order valence-electron chi connectivity index (χ1n) is 19.0. The smallest absolute Gasteiger partial charge is 0.164 e. The van der Waals surface area contributed by atoms with Crippen molar-refractivity contribution in [2.24, 2.45) is 0 Å². The number of fused-ring (bicyclic) bond motifs is 9. The number of hydrogen-bond acceptors (Lipinski definition) is 5. The Balaban J connectivity index is 0.959. The van der Waals surface area contributed by atoms with Crippen molar-refractivity contribution in [2.75, 3.05) is 0 Å². The molecule has 4 heterocycles. The largest absolute Gasteiger partial charge is 0.309 e. The highest BCUT2D eigenvalue weighted by atomic mass is 32.1. The lowest BCUT2D eigenvalue weighted by molar-refractivity contribution is 1.07. The third kappa shape index (κ3) is 5.22. The summed E-state index contributed by atoms with van der Waals surface area (Å²) in [5, 5.41) is 7.58. The zero-order valence-corrected chi connectivity index (χ0v) is 32.1. The van der Waals surface area contributed by atoms with Crippen LogP contribution in [0.4, 0.5) is 0 Å². The van der Waals surface area contributed by atoms with Crippen molar-refractivity contribution in [2.45, 2.75) is 0 Å². The van der Waals surface area contributed by atoms with Gasteiger partial charge in [-0.05, 0) is 65.7 Å². The lowest BCUT2D eigenvalue weighted by atomic mass is 10.0. The summed E-state index contributed by atoms with van der Waals surface area (Å²) in [7, 11) is 0. The van der Waals surface area contributed by atoms with Gasteiger partial charge in [-0.25, -0.2) is 15.0 Å². The molecule has 0 amide bonds. The number of benzene rings is 8. The topological polar surface area (TPSA) is 43.6 Å². The molecule has 0 aliphatic rings. The Labute approximate surface area is 335 Å². The minimum atomic E-state index is 0.663. The maximum absolute atomic E-state index is 5.01. The Morgan fingerprint density at radius 3 is 1.60 bits per heavy atom. The number of para-hydroxylation sites is 2. The lowest BCUT2D eigenvalue weighted by Gasteiger charge is -2.08. The summed E-state index contributed by atoms with van der Waals surface area (Å²) in [4.78, 5) is 14.9. The first-order valence-corrected chi connectivity index (χ1v) is 20.6. The van der Waals surface area contributed by atoms with Gasteiger partial charge < -0.3 is 4.57 Å². The zero-order chi connectivity index (χ0) is 37.5. The molecule has 6 heteroatoms. The fourth-order valence-corrected chi connectivity index (χ4v) is 10.7. The summed E-state index contributed by atoms with van der Waals surface area (Å²) in [5.74, 6) is 1.99. The van der Waals surface area contributed by atoms with E-state index in [1.807, 2.05) is 83.3 Å². The number of rotatable bonds is 5. The van der Waals surface area contributed by atoms with Gasteiger partial charge in [0.05, 0.1) is 11.0 Å². The Morgan fingerprint density at radius 1 is 0.333 bits per heavy atom. The quantitative estimate of drug-likeness (QED) is 0.175. The first kappa shape index (κ1) is 32.3. The van der Waals surface area contributed by atoms with Gasteiger partial charge >= 0.3 is 0 Å². The van der Waals surface area contributed by atoms with Crippen LogP contribution in [0, 0.1) is 0 Å². The van der Waals surface area contributed by atoms with Crippen molar-refractivity contribution in [3.8, 4) is 51.0 Å². The summed E-state index contributed by atoms with van der Waals surface area (Å²) >= 11 is 3.71. The molecular formula is C51H30N4S2. The molecule has 4 aromatic heterocycles. The second-order valence-corrected chi connectivity index (χ2v) is 16.5.